The number of fused-ring (bicyclic) bond motifs is 1. The van der Waals surface area contributed by atoms with E-state index >= 15 is 0 Å². The molecule has 1 heterocycles. The lowest BCUT2D eigenvalue weighted by Crippen LogP contribution is -2.19. The summed E-state index contributed by atoms with van der Waals surface area (Å²) >= 11 is 0. The van der Waals surface area contributed by atoms with Crippen LogP contribution in [0.5, 0.6) is 0 Å². The van der Waals surface area contributed by atoms with Gasteiger partial charge in [0.25, 0.3) is 0 Å². The van der Waals surface area contributed by atoms with Gasteiger partial charge in [0.1, 0.15) is 0 Å². The number of hydrogen-bond donors (Lipinski definition) is 1. The number of aliphatic hydroxyl groups is 1. The van der Waals surface area contributed by atoms with Crippen LogP contribution in [0, 0.1) is 0 Å². The molecule has 1 aromatic rings. The molecular formula is C11H13NO2. The molecule has 1 atom stereocenters. The van der Waals surface area contributed by atoms with Crippen molar-refractivity contribution in [1.82, 2.24) is 0 Å². The van der Waals surface area contributed by atoms with Crippen molar-refractivity contribution in [2.24, 2.45) is 4.99 Å². The Morgan fingerprint density at radius 3 is 3.07 bits per heavy atom. The second-order valence-electron chi connectivity index (χ2n) is 3.18. The number of nitrogens with zero attached hydrogens (tertiary/aromatic N) is 1. The van der Waals surface area contributed by atoms with Crippen LogP contribution < -0.4 is 0 Å². The van der Waals surface area contributed by atoms with Crippen LogP contribution in [-0.2, 0) is 4.74 Å². The fraction of sp³-hybridized carbons (Fsp3) is 0.364. The lowest BCUT2D eigenvalue weighted by atomic mass is 10.00. The normalized spacial score (nSPS) is 19.9. The minimum atomic E-state index is -0.490. The number of ether oxygens (including phenoxy) is 1. The van der Waals surface area contributed by atoms with Crippen LogP contribution in [0.1, 0.15) is 24.2 Å². The second-order valence-corrected chi connectivity index (χ2v) is 3.18. The van der Waals surface area contributed by atoms with Crippen molar-refractivity contribution < 1.29 is 9.84 Å². The average Bonchev–Trinajstić information content (AvgIpc) is 2.23. The van der Waals surface area contributed by atoms with Crippen LogP contribution in [0.2, 0.25) is 0 Å². The van der Waals surface area contributed by atoms with Crippen molar-refractivity contribution in [1.29, 1.82) is 0 Å². The molecule has 14 heavy (non-hydrogen) atoms. The second kappa shape index (κ2) is 3.80. The Balaban J connectivity index is 2.40. The standard InChI is InChI=1S/C11H13NO2/c1-2-14-11-9-6-4-3-5-8(9)10(13)7-12-11/h3-6,10,13H,2,7H2,1H3. The summed E-state index contributed by atoms with van der Waals surface area (Å²) in [6.07, 6.45) is -0.490. The first-order valence-electron chi connectivity index (χ1n) is 4.77. The van der Waals surface area contributed by atoms with Gasteiger partial charge in [0.2, 0.25) is 5.90 Å². The molecule has 0 fully saturated rings. The fourth-order valence-corrected chi connectivity index (χ4v) is 1.60. The number of benzene rings is 1. The first-order valence-corrected chi connectivity index (χ1v) is 4.77. The van der Waals surface area contributed by atoms with E-state index in [1.807, 2.05) is 31.2 Å². The van der Waals surface area contributed by atoms with Crippen molar-refractivity contribution in [3.63, 3.8) is 0 Å². The van der Waals surface area contributed by atoms with E-state index in [0.717, 1.165) is 11.1 Å². The van der Waals surface area contributed by atoms with Crippen LogP contribution in [0.3, 0.4) is 0 Å². The van der Waals surface area contributed by atoms with E-state index in [1.165, 1.54) is 0 Å². The minimum absolute atomic E-state index is 0.395. The molecule has 0 radical (unpaired) electrons. The lowest BCUT2D eigenvalue weighted by Gasteiger charge is -2.20. The molecule has 0 saturated carbocycles. The number of aliphatic hydroxyl groups excluding tert-OH is 1. The highest BCUT2D eigenvalue weighted by Crippen LogP contribution is 2.23. The molecule has 1 unspecified atom stereocenters. The van der Waals surface area contributed by atoms with Gasteiger partial charge in [-0.05, 0) is 18.6 Å². The highest BCUT2D eigenvalue weighted by molar-refractivity contribution is 5.96. The summed E-state index contributed by atoms with van der Waals surface area (Å²) < 4.78 is 5.40. The van der Waals surface area contributed by atoms with Gasteiger partial charge in [-0.25, -0.2) is 4.99 Å². The van der Waals surface area contributed by atoms with Gasteiger partial charge in [-0.1, -0.05) is 18.2 Å². The van der Waals surface area contributed by atoms with Crippen molar-refractivity contribution in [2.75, 3.05) is 13.2 Å². The van der Waals surface area contributed by atoms with Crippen LogP contribution in [0.4, 0.5) is 0 Å². The molecule has 0 amide bonds. The Kier molecular flexibility index (Phi) is 2.50. The predicted octanol–water partition coefficient (Wildman–Crippen LogP) is 1.52. The van der Waals surface area contributed by atoms with E-state index in [1.54, 1.807) is 0 Å². The molecule has 0 spiro atoms. The van der Waals surface area contributed by atoms with Gasteiger partial charge in [-0.2, -0.15) is 0 Å². The van der Waals surface area contributed by atoms with Crippen LogP contribution in [0.15, 0.2) is 29.3 Å². The zero-order valence-corrected chi connectivity index (χ0v) is 8.10. The Hall–Kier alpha value is -1.35. The summed E-state index contributed by atoms with van der Waals surface area (Å²) in [6, 6.07) is 7.67. The summed E-state index contributed by atoms with van der Waals surface area (Å²) in [6.45, 7) is 2.92. The van der Waals surface area contributed by atoms with E-state index in [-0.39, 0.29) is 0 Å². The maximum absolute atomic E-state index is 9.68. The Morgan fingerprint density at radius 2 is 2.29 bits per heavy atom. The molecule has 1 aromatic carbocycles. The molecule has 0 aromatic heterocycles. The van der Waals surface area contributed by atoms with Gasteiger partial charge in [-0.3, -0.25) is 0 Å². The van der Waals surface area contributed by atoms with E-state index in [4.69, 9.17) is 4.74 Å². The Morgan fingerprint density at radius 1 is 1.50 bits per heavy atom. The predicted molar refractivity (Wildman–Crippen MR) is 54.4 cm³/mol. The molecule has 0 saturated heterocycles. The summed E-state index contributed by atoms with van der Waals surface area (Å²) in [5.41, 5.74) is 1.82. The SMILES string of the molecule is CCOC1=NCC(O)c2ccccc21. The maximum atomic E-state index is 9.68. The molecule has 3 heteroatoms. The van der Waals surface area contributed by atoms with Crippen LogP contribution in [0.25, 0.3) is 0 Å². The molecule has 74 valence electrons. The van der Waals surface area contributed by atoms with Crippen molar-refractivity contribution in [2.45, 2.75) is 13.0 Å². The Bertz CT molecular complexity index is 360. The third-order valence-electron chi connectivity index (χ3n) is 2.24. The van der Waals surface area contributed by atoms with Gasteiger partial charge in [0.15, 0.2) is 0 Å². The zero-order chi connectivity index (χ0) is 9.97. The smallest absolute Gasteiger partial charge is 0.216 e. The molecular weight excluding hydrogens is 178 g/mol. The quantitative estimate of drug-likeness (QED) is 0.731. The highest BCUT2D eigenvalue weighted by Gasteiger charge is 2.20. The van der Waals surface area contributed by atoms with Gasteiger partial charge in [0.05, 0.1) is 19.3 Å². The van der Waals surface area contributed by atoms with Crippen LogP contribution >= 0.6 is 0 Å². The summed E-state index contributed by atoms with van der Waals surface area (Å²) in [5.74, 6) is 0.647. The fourth-order valence-electron chi connectivity index (χ4n) is 1.60. The van der Waals surface area contributed by atoms with E-state index in [0.29, 0.717) is 19.0 Å². The molecule has 1 aliphatic rings. The van der Waals surface area contributed by atoms with E-state index < -0.39 is 6.10 Å². The molecule has 3 nitrogen and oxygen atoms in total. The van der Waals surface area contributed by atoms with Gasteiger partial charge in [-0.15, -0.1) is 0 Å². The number of aliphatic imine (C=N–C) groups is 1. The van der Waals surface area contributed by atoms with E-state index in [2.05, 4.69) is 4.99 Å². The third-order valence-corrected chi connectivity index (χ3v) is 2.24. The van der Waals surface area contributed by atoms with Gasteiger partial charge < -0.3 is 9.84 Å². The first-order chi connectivity index (χ1) is 6.83. The van der Waals surface area contributed by atoms with Crippen LogP contribution in [-0.4, -0.2) is 24.2 Å². The first kappa shape index (κ1) is 9.21. The molecule has 2 rings (SSSR count). The third kappa shape index (κ3) is 1.51. The van der Waals surface area contributed by atoms with E-state index in [9.17, 15) is 5.11 Å². The minimum Gasteiger partial charge on any atom is -0.478 e. The molecule has 0 bridgehead atoms. The molecule has 1 aliphatic heterocycles. The maximum Gasteiger partial charge on any atom is 0.216 e. The lowest BCUT2D eigenvalue weighted by molar-refractivity contribution is 0.181. The molecule has 1 N–H and O–H groups in total. The highest BCUT2D eigenvalue weighted by atomic mass is 16.5. The summed E-state index contributed by atoms with van der Waals surface area (Å²) in [4.78, 5) is 4.19. The van der Waals surface area contributed by atoms with Gasteiger partial charge >= 0.3 is 0 Å². The number of hydrogen-bond acceptors (Lipinski definition) is 3. The Labute approximate surface area is 83.1 Å². The van der Waals surface area contributed by atoms with Crippen molar-refractivity contribution in [3.8, 4) is 0 Å². The average molecular weight is 191 g/mol. The van der Waals surface area contributed by atoms with Crippen molar-refractivity contribution in [3.05, 3.63) is 35.4 Å². The largest absolute Gasteiger partial charge is 0.478 e. The number of rotatable bonds is 1. The van der Waals surface area contributed by atoms with Crippen molar-refractivity contribution >= 4 is 5.90 Å². The van der Waals surface area contributed by atoms with Gasteiger partial charge in [0, 0.05) is 5.56 Å². The molecule has 0 aliphatic carbocycles. The zero-order valence-electron chi connectivity index (χ0n) is 8.10. The monoisotopic (exact) mass is 191 g/mol. The summed E-state index contributed by atoms with van der Waals surface area (Å²) in [5, 5.41) is 9.68. The summed E-state index contributed by atoms with van der Waals surface area (Å²) in [7, 11) is 0. The topological polar surface area (TPSA) is 41.8 Å².